The van der Waals surface area contributed by atoms with Crippen LogP contribution < -0.4 is 4.90 Å². The Morgan fingerprint density at radius 2 is 1.50 bits per heavy atom. The van der Waals surface area contributed by atoms with Crippen molar-refractivity contribution in [3.63, 3.8) is 0 Å². The minimum Gasteiger partial charge on any atom is -0.478 e. The topological polar surface area (TPSA) is 74.7 Å². The number of benzene rings is 4. The molecule has 0 saturated heterocycles. The highest BCUT2D eigenvalue weighted by atomic mass is 16.4. The molecule has 0 radical (unpaired) electrons. The average Bonchev–Trinajstić information content (AvgIpc) is 3.40. The lowest BCUT2D eigenvalue weighted by Gasteiger charge is -2.28. The van der Waals surface area contributed by atoms with Gasteiger partial charge in [0.25, 0.3) is 0 Å². The quantitative estimate of drug-likeness (QED) is 0.280. The maximum absolute atomic E-state index is 13.0. The van der Waals surface area contributed by atoms with Crippen molar-refractivity contribution in [2.24, 2.45) is 0 Å². The van der Waals surface area contributed by atoms with Gasteiger partial charge in [0.2, 0.25) is 0 Å². The molecule has 6 rings (SSSR count). The van der Waals surface area contributed by atoms with Crippen LogP contribution in [-0.4, -0.2) is 22.6 Å². The van der Waals surface area contributed by atoms with Gasteiger partial charge in [-0.2, -0.15) is 0 Å². The second-order valence-corrected chi connectivity index (χ2v) is 9.01. The zero-order chi connectivity index (χ0) is 24.8. The van der Waals surface area contributed by atoms with Crippen molar-refractivity contribution in [3.05, 3.63) is 136 Å². The third-order valence-electron chi connectivity index (χ3n) is 6.86. The van der Waals surface area contributed by atoms with Crippen LogP contribution >= 0.6 is 0 Å². The lowest BCUT2D eigenvalue weighted by molar-refractivity contribution is 0.0696. The van der Waals surface area contributed by atoms with Crippen molar-refractivity contribution in [3.8, 4) is 0 Å². The number of ketones is 2. The first kappa shape index (κ1) is 21.7. The fourth-order valence-electron chi connectivity index (χ4n) is 5.17. The molecule has 4 aromatic carbocycles. The first-order valence-electron chi connectivity index (χ1n) is 11.7. The predicted octanol–water partition coefficient (Wildman–Crippen LogP) is 6.28. The Hall–Kier alpha value is -4.77. The third kappa shape index (κ3) is 3.53. The summed E-state index contributed by atoms with van der Waals surface area (Å²) in [6, 6.07) is 30.8. The lowest BCUT2D eigenvalue weighted by atomic mass is 10.00. The minimum atomic E-state index is -1.13. The Bertz CT molecular complexity index is 1570. The van der Waals surface area contributed by atoms with Crippen LogP contribution in [0, 0.1) is 0 Å². The molecule has 0 spiro atoms. The van der Waals surface area contributed by atoms with Crippen molar-refractivity contribution in [1.29, 1.82) is 0 Å². The number of carboxylic acids is 1. The van der Waals surface area contributed by atoms with Gasteiger partial charge in [-0.05, 0) is 71.7 Å². The van der Waals surface area contributed by atoms with Crippen LogP contribution in [0.25, 0.3) is 6.08 Å². The molecule has 1 atom stereocenters. The Labute approximate surface area is 207 Å². The highest BCUT2D eigenvalue weighted by Gasteiger charge is 2.35. The normalized spacial score (nSPS) is 17.4. The number of allylic oxidation sites excluding steroid dienone is 1. The Balaban J connectivity index is 1.39. The molecule has 1 aliphatic heterocycles. The number of para-hydroxylation sites is 1. The Kier molecular flexibility index (Phi) is 5.11. The standard InChI is InChI=1S/C31H21NO4/c33-29-24-13-12-21(31(35)36)17-25(24)30(34)26(29)16-19-11-14-27-22(15-19)18-28(20-7-3-1-4-8-20)32(27)23-9-5-2-6-10-23/h1-17,28H,18H2,(H,35,36). The molecule has 0 fully saturated rings. The van der Waals surface area contributed by atoms with Crippen LogP contribution in [0.1, 0.15) is 53.8 Å². The number of aromatic carboxylic acids is 1. The zero-order valence-corrected chi connectivity index (χ0v) is 19.2. The highest BCUT2D eigenvalue weighted by molar-refractivity contribution is 6.41. The van der Waals surface area contributed by atoms with Gasteiger partial charge in [0.1, 0.15) is 0 Å². The van der Waals surface area contributed by atoms with Gasteiger partial charge < -0.3 is 10.0 Å². The fourth-order valence-corrected chi connectivity index (χ4v) is 5.17. The molecule has 1 unspecified atom stereocenters. The Morgan fingerprint density at radius 1 is 0.806 bits per heavy atom. The molecular weight excluding hydrogens is 450 g/mol. The smallest absolute Gasteiger partial charge is 0.335 e. The van der Waals surface area contributed by atoms with Crippen LogP contribution in [0.3, 0.4) is 0 Å². The number of carboxylic acid groups (broad SMARTS) is 1. The molecule has 0 bridgehead atoms. The van der Waals surface area contributed by atoms with Crippen LogP contribution in [-0.2, 0) is 6.42 Å². The van der Waals surface area contributed by atoms with Crippen molar-refractivity contribution < 1.29 is 19.5 Å². The van der Waals surface area contributed by atoms with Gasteiger partial charge >= 0.3 is 5.97 Å². The van der Waals surface area contributed by atoms with Gasteiger partial charge in [-0.1, -0.05) is 54.6 Å². The number of anilines is 2. The average molecular weight is 472 g/mol. The van der Waals surface area contributed by atoms with Gasteiger partial charge in [-0.15, -0.1) is 0 Å². The maximum Gasteiger partial charge on any atom is 0.335 e. The molecule has 0 aromatic heterocycles. The molecule has 0 amide bonds. The molecule has 1 aliphatic carbocycles. The van der Waals surface area contributed by atoms with E-state index >= 15 is 0 Å². The molecule has 2 aliphatic rings. The zero-order valence-electron chi connectivity index (χ0n) is 19.2. The largest absolute Gasteiger partial charge is 0.478 e. The molecular formula is C31H21NO4. The maximum atomic E-state index is 13.0. The molecule has 1 heterocycles. The van der Waals surface area contributed by atoms with Crippen molar-refractivity contribution in [1.82, 2.24) is 0 Å². The highest BCUT2D eigenvalue weighted by Crippen LogP contribution is 2.45. The van der Waals surface area contributed by atoms with E-state index in [1.54, 1.807) is 6.08 Å². The number of carbonyl (C=O) groups excluding carboxylic acids is 2. The Morgan fingerprint density at radius 3 is 2.22 bits per heavy atom. The third-order valence-corrected chi connectivity index (χ3v) is 6.86. The van der Waals surface area contributed by atoms with E-state index in [0.29, 0.717) is 0 Å². The van der Waals surface area contributed by atoms with Crippen molar-refractivity contribution >= 4 is 35.0 Å². The van der Waals surface area contributed by atoms with E-state index in [2.05, 4.69) is 29.2 Å². The van der Waals surface area contributed by atoms with E-state index in [0.717, 1.165) is 28.9 Å². The number of fused-ring (bicyclic) bond motifs is 2. The summed E-state index contributed by atoms with van der Waals surface area (Å²) in [6.07, 6.45) is 2.41. The fraction of sp³-hybridized carbons (Fsp3) is 0.0645. The summed E-state index contributed by atoms with van der Waals surface area (Å²) in [4.78, 5) is 39.6. The number of hydrogen-bond acceptors (Lipinski definition) is 4. The van der Waals surface area contributed by atoms with E-state index in [1.165, 1.54) is 23.8 Å². The summed E-state index contributed by atoms with van der Waals surface area (Å²) in [5.41, 5.74) is 5.74. The van der Waals surface area contributed by atoms with Gasteiger partial charge in [-0.25, -0.2) is 4.79 Å². The van der Waals surface area contributed by atoms with E-state index in [4.69, 9.17) is 0 Å². The number of carbonyl (C=O) groups is 3. The van der Waals surface area contributed by atoms with E-state index in [-0.39, 0.29) is 34.1 Å². The first-order valence-corrected chi connectivity index (χ1v) is 11.7. The summed E-state index contributed by atoms with van der Waals surface area (Å²) < 4.78 is 0. The number of nitrogens with zero attached hydrogens (tertiary/aromatic N) is 1. The van der Waals surface area contributed by atoms with Gasteiger partial charge in [-0.3, -0.25) is 9.59 Å². The summed E-state index contributed by atoms with van der Waals surface area (Å²) >= 11 is 0. The number of rotatable bonds is 4. The van der Waals surface area contributed by atoms with Gasteiger partial charge in [0, 0.05) is 22.5 Å². The molecule has 5 nitrogen and oxygen atoms in total. The van der Waals surface area contributed by atoms with E-state index < -0.39 is 11.8 Å². The van der Waals surface area contributed by atoms with Crippen molar-refractivity contribution in [2.75, 3.05) is 4.90 Å². The van der Waals surface area contributed by atoms with Gasteiger partial charge in [0.05, 0.1) is 17.2 Å². The summed E-state index contributed by atoms with van der Waals surface area (Å²) in [5.74, 6) is -1.95. The summed E-state index contributed by atoms with van der Waals surface area (Å²) in [6.45, 7) is 0. The van der Waals surface area contributed by atoms with E-state index in [1.807, 2.05) is 54.6 Å². The number of hydrogen-bond donors (Lipinski definition) is 1. The molecule has 0 saturated carbocycles. The summed E-state index contributed by atoms with van der Waals surface area (Å²) in [5, 5.41) is 9.25. The summed E-state index contributed by atoms with van der Waals surface area (Å²) in [7, 11) is 0. The monoisotopic (exact) mass is 471 g/mol. The molecule has 1 N–H and O–H groups in total. The van der Waals surface area contributed by atoms with E-state index in [9.17, 15) is 19.5 Å². The second kappa shape index (κ2) is 8.47. The van der Waals surface area contributed by atoms with Crippen LogP contribution in [0.5, 0.6) is 0 Å². The van der Waals surface area contributed by atoms with Crippen LogP contribution in [0.2, 0.25) is 0 Å². The molecule has 5 heteroatoms. The number of Topliss-reactive ketones (excluding diaryl/α,β-unsaturated/α-hetero) is 2. The predicted molar refractivity (Wildman–Crippen MR) is 138 cm³/mol. The first-order chi connectivity index (χ1) is 17.5. The lowest BCUT2D eigenvalue weighted by Crippen LogP contribution is -2.19. The second-order valence-electron chi connectivity index (χ2n) is 9.01. The molecule has 4 aromatic rings. The van der Waals surface area contributed by atoms with Crippen molar-refractivity contribution in [2.45, 2.75) is 12.5 Å². The molecule has 174 valence electrons. The van der Waals surface area contributed by atoms with Gasteiger partial charge in [0.15, 0.2) is 11.6 Å². The minimum absolute atomic E-state index is 0.0124. The SMILES string of the molecule is O=C(O)c1ccc2c(c1)C(=O)C(=Cc1ccc3c(c1)CC(c1ccccc1)N3c1ccccc1)C2=O. The molecule has 36 heavy (non-hydrogen) atoms. The van der Waals surface area contributed by atoms with Crippen LogP contribution in [0.15, 0.2) is 103 Å². The van der Waals surface area contributed by atoms with Crippen LogP contribution in [0.4, 0.5) is 11.4 Å².